The number of hydrogen-bond donors (Lipinski definition) is 2. The Morgan fingerprint density at radius 2 is 0.976 bits per heavy atom. The first kappa shape index (κ1) is 37.8. The minimum atomic E-state index is -1.08. The number of carboxylic acid groups (broad SMARTS) is 2. The number of carbonyl (C=O) groups is 2. The number of carbonyl (C=O) groups excluding carboxylic acids is 2. The molecule has 0 heterocycles. The van der Waals surface area contributed by atoms with Gasteiger partial charge in [0.05, 0.1) is 12.1 Å². The van der Waals surface area contributed by atoms with Gasteiger partial charge >= 0.3 is 16.8 Å². The van der Waals surface area contributed by atoms with E-state index in [1.54, 1.807) is 12.1 Å². The maximum atomic E-state index is 10.2. The van der Waals surface area contributed by atoms with Crippen molar-refractivity contribution in [1.29, 1.82) is 0 Å². The van der Waals surface area contributed by atoms with Crippen molar-refractivity contribution in [2.75, 3.05) is 0 Å². The molecule has 0 atom stereocenters. The second-order valence-electron chi connectivity index (χ2n) is 12.0. The predicted octanol–water partition coefficient (Wildman–Crippen LogP) is 4.05. The molecule has 0 bridgehead atoms. The Kier molecular flexibility index (Phi) is 15.6. The topological polar surface area (TPSA) is 145 Å². The number of carboxylic acids is 2. The van der Waals surface area contributed by atoms with Gasteiger partial charge in [-0.2, -0.15) is 0 Å². The molecule has 0 aromatic heterocycles. The molecule has 2 N–H and O–H groups in total. The third-order valence-corrected chi connectivity index (χ3v) is 6.30. The molecule has 0 spiro atoms. The van der Waals surface area contributed by atoms with Crippen molar-refractivity contribution >= 4 is 24.4 Å². The number of rotatable bonds is 4. The van der Waals surface area contributed by atoms with Gasteiger partial charge in [0, 0.05) is 35.5 Å². The van der Waals surface area contributed by atoms with E-state index in [4.69, 9.17) is 29.8 Å². The normalized spacial score (nSPS) is 17.1. The van der Waals surface area contributed by atoms with E-state index in [0.29, 0.717) is 0 Å². The number of hydrogen-bond acceptors (Lipinski definition) is 8. The van der Waals surface area contributed by atoms with Crippen LogP contribution in [0.15, 0.2) is 46.4 Å². The standard InChI is InChI=1S/C28H38N2O2.2C2H4O2.Co/c1-27(2,3)21-7-13-25(31)19(15-21)17-29-23-9-11-24(12-10-23)30-18-20-16-22(28(4,5)6)8-14-26(20)32;2*1-2(3)4;/h7-8,13-18,23-24,31-32H,9-12H2,1-6H3;2*1H3,(H,3,4);/q;;;+2/p-2. The summed E-state index contributed by atoms with van der Waals surface area (Å²) >= 11 is 0. The Hall–Kier alpha value is -3.17. The molecule has 1 aliphatic rings. The van der Waals surface area contributed by atoms with Crippen LogP contribution >= 0.6 is 0 Å². The van der Waals surface area contributed by atoms with Crippen LogP contribution in [0.2, 0.25) is 0 Å². The second kappa shape index (κ2) is 16.9. The van der Waals surface area contributed by atoms with Gasteiger partial charge in [-0.1, -0.05) is 53.7 Å². The molecule has 41 heavy (non-hydrogen) atoms. The van der Waals surface area contributed by atoms with E-state index in [2.05, 4.69) is 41.5 Å². The quantitative estimate of drug-likeness (QED) is 0.499. The van der Waals surface area contributed by atoms with E-state index in [9.17, 15) is 10.2 Å². The Morgan fingerprint density at radius 1 is 0.707 bits per heavy atom. The maximum absolute atomic E-state index is 10.2. The third kappa shape index (κ3) is 14.9. The molecule has 0 aliphatic heterocycles. The zero-order chi connectivity index (χ0) is 30.7. The molecule has 1 saturated carbocycles. The summed E-state index contributed by atoms with van der Waals surface area (Å²) in [5.74, 6) is -1.62. The van der Waals surface area contributed by atoms with Crippen LogP contribution in [0.25, 0.3) is 0 Å². The second-order valence-corrected chi connectivity index (χ2v) is 12.0. The van der Waals surface area contributed by atoms with Crippen molar-refractivity contribution < 1.29 is 46.8 Å². The van der Waals surface area contributed by atoms with Gasteiger partial charge in [0.15, 0.2) is 0 Å². The first-order valence-corrected chi connectivity index (χ1v) is 13.5. The fraction of sp³-hybridized carbons (Fsp3) is 0.500. The van der Waals surface area contributed by atoms with E-state index in [0.717, 1.165) is 50.7 Å². The van der Waals surface area contributed by atoms with Gasteiger partial charge in [0.2, 0.25) is 0 Å². The molecule has 0 unspecified atom stereocenters. The number of phenolic OH excluding ortho intramolecular Hbond substituents is 2. The molecule has 9 heteroatoms. The van der Waals surface area contributed by atoms with Crippen LogP contribution in [0.3, 0.4) is 0 Å². The Labute approximate surface area is 254 Å². The zero-order valence-corrected chi connectivity index (χ0v) is 26.4. The summed E-state index contributed by atoms with van der Waals surface area (Å²) in [5.41, 5.74) is 4.01. The van der Waals surface area contributed by atoms with Gasteiger partial charge in [-0.25, -0.2) is 0 Å². The molecule has 2 aromatic carbocycles. The molecule has 2 aromatic rings. The molecule has 227 valence electrons. The smallest absolute Gasteiger partial charge is 0.550 e. The molecular weight excluding hydrogens is 567 g/mol. The third-order valence-electron chi connectivity index (χ3n) is 6.30. The maximum Gasteiger partial charge on any atom is 2.00 e. The number of benzene rings is 2. The fourth-order valence-electron chi connectivity index (χ4n) is 3.98. The summed E-state index contributed by atoms with van der Waals surface area (Å²) in [4.78, 5) is 27.3. The minimum absolute atomic E-state index is 0. The number of phenols is 2. The average Bonchev–Trinajstić information content (AvgIpc) is 2.81. The van der Waals surface area contributed by atoms with Gasteiger partial charge in [-0.15, -0.1) is 0 Å². The summed E-state index contributed by atoms with van der Waals surface area (Å²) in [7, 11) is 0. The summed E-state index contributed by atoms with van der Waals surface area (Å²) in [6.45, 7) is 15.0. The van der Waals surface area contributed by atoms with Crippen LogP contribution in [-0.4, -0.2) is 46.7 Å². The summed E-state index contributed by atoms with van der Waals surface area (Å²) < 4.78 is 0. The molecule has 1 fully saturated rings. The van der Waals surface area contributed by atoms with Gasteiger partial charge in [0.25, 0.3) is 0 Å². The first-order chi connectivity index (χ1) is 18.4. The largest absolute Gasteiger partial charge is 2.00 e. The summed E-state index contributed by atoms with van der Waals surface area (Å²) in [6.07, 6.45) is 7.57. The number of aromatic hydroxyl groups is 2. The van der Waals surface area contributed by atoms with Gasteiger partial charge < -0.3 is 30.0 Å². The SMILES string of the molecule is CC(=O)[O-].CC(=O)[O-].CC(C)(C)c1ccc(O)c(C=NC2CCC(N=Cc3cc(C(C)(C)C)ccc3O)CC2)c1.[Co+2]. The zero-order valence-electron chi connectivity index (χ0n) is 25.4. The van der Waals surface area contributed by atoms with Crippen molar-refractivity contribution in [3.05, 3.63) is 58.7 Å². The van der Waals surface area contributed by atoms with Crippen LogP contribution < -0.4 is 10.2 Å². The van der Waals surface area contributed by atoms with Crippen LogP contribution in [-0.2, 0) is 37.2 Å². The van der Waals surface area contributed by atoms with Crippen molar-refractivity contribution in [2.45, 2.75) is 104 Å². The van der Waals surface area contributed by atoms with E-state index in [1.165, 1.54) is 11.1 Å². The van der Waals surface area contributed by atoms with Crippen molar-refractivity contribution in [2.24, 2.45) is 9.98 Å². The molecule has 0 amide bonds. The average molecular weight is 612 g/mol. The Morgan fingerprint density at radius 3 is 1.22 bits per heavy atom. The Balaban J connectivity index is 0.00000158. The predicted molar refractivity (Wildman–Crippen MR) is 156 cm³/mol. The molecular formula is C32H44CoN2O6. The van der Waals surface area contributed by atoms with Gasteiger partial charge in [-0.05, 0) is 85.8 Å². The number of nitrogens with zero attached hydrogens (tertiary/aromatic N) is 2. The van der Waals surface area contributed by atoms with E-state index in [1.807, 2.05) is 36.7 Å². The molecule has 8 nitrogen and oxygen atoms in total. The Bertz CT molecular complexity index is 1090. The van der Waals surface area contributed by atoms with Crippen LogP contribution in [0, 0.1) is 0 Å². The van der Waals surface area contributed by atoms with Gasteiger partial charge in [0.1, 0.15) is 11.5 Å². The van der Waals surface area contributed by atoms with Crippen LogP contribution in [0.5, 0.6) is 11.5 Å². The van der Waals surface area contributed by atoms with Crippen LogP contribution in [0.1, 0.15) is 103 Å². The minimum Gasteiger partial charge on any atom is -0.550 e. The van der Waals surface area contributed by atoms with E-state index >= 15 is 0 Å². The molecule has 1 aliphatic carbocycles. The number of aliphatic imine (C=N–C) groups is 2. The first-order valence-electron chi connectivity index (χ1n) is 13.5. The molecule has 0 saturated heterocycles. The van der Waals surface area contributed by atoms with Crippen molar-refractivity contribution in [1.82, 2.24) is 0 Å². The van der Waals surface area contributed by atoms with Gasteiger partial charge in [-0.3, -0.25) is 9.98 Å². The van der Waals surface area contributed by atoms with E-state index < -0.39 is 11.9 Å². The van der Waals surface area contributed by atoms with E-state index in [-0.39, 0.29) is 51.2 Å². The summed E-state index contributed by atoms with van der Waals surface area (Å²) in [6, 6.07) is 12.1. The summed E-state index contributed by atoms with van der Waals surface area (Å²) in [5, 5.41) is 38.2. The molecule has 1 radical (unpaired) electrons. The van der Waals surface area contributed by atoms with Crippen molar-refractivity contribution in [3.63, 3.8) is 0 Å². The monoisotopic (exact) mass is 611 g/mol. The van der Waals surface area contributed by atoms with Crippen LogP contribution in [0.4, 0.5) is 0 Å². The van der Waals surface area contributed by atoms with Crippen molar-refractivity contribution in [3.8, 4) is 11.5 Å². The fourth-order valence-corrected chi connectivity index (χ4v) is 3.98. The number of aliphatic carboxylic acids is 2. The molecule has 3 rings (SSSR count).